The Kier molecular flexibility index (Phi) is 8.20. The molecule has 11 heteroatoms. The third kappa shape index (κ3) is 5.59. The lowest BCUT2D eigenvalue weighted by Crippen LogP contribution is -2.22. The van der Waals surface area contributed by atoms with Crippen LogP contribution in [0.4, 0.5) is 0 Å². The number of hydrogen-bond acceptors (Lipinski definition) is 8. The Hall–Kier alpha value is -3.67. The lowest BCUT2D eigenvalue weighted by Gasteiger charge is -2.14. The van der Waals surface area contributed by atoms with E-state index in [1.807, 2.05) is 35.8 Å². The molecule has 0 N–H and O–H groups in total. The number of carbonyl (C=O) groups excluding carboxylic acids is 1. The van der Waals surface area contributed by atoms with E-state index in [9.17, 15) is 13.2 Å². The molecule has 0 saturated carbocycles. The van der Waals surface area contributed by atoms with E-state index in [0.717, 1.165) is 15.6 Å². The van der Waals surface area contributed by atoms with Gasteiger partial charge in [-0.1, -0.05) is 36.0 Å². The van der Waals surface area contributed by atoms with Crippen LogP contribution in [0, 0.1) is 6.92 Å². The molecule has 0 unspecified atom stereocenters. The Balaban J connectivity index is 1.73. The Morgan fingerprint density at radius 2 is 1.74 bits per heavy atom. The zero-order chi connectivity index (χ0) is 27.4. The number of rotatable bonds is 10. The summed E-state index contributed by atoms with van der Waals surface area (Å²) < 4.78 is 39.1. The minimum atomic E-state index is -3.64. The van der Waals surface area contributed by atoms with Crippen LogP contribution >= 0.6 is 11.8 Å². The van der Waals surface area contributed by atoms with Crippen LogP contribution in [0.5, 0.6) is 11.5 Å². The van der Waals surface area contributed by atoms with E-state index >= 15 is 0 Å². The lowest BCUT2D eigenvalue weighted by molar-refractivity contribution is 0.101. The molecular formula is C27H28N4O5S2. The molecule has 0 amide bonds. The van der Waals surface area contributed by atoms with Crippen LogP contribution in [0.3, 0.4) is 0 Å². The van der Waals surface area contributed by atoms with Crippen molar-refractivity contribution in [2.24, 2.45) is 0 Å². The predicted octanol–water partition coefficient (Wildman–Crippen LogP) is 4.49. The monoisotopic (exact) mass is 552 g/mol. The summed E-state index contributed by atoms with van der Waals surface area (Å²) in [7, 11) is 2.38. The highest BCUT2D eigenvalue weighted by atomic mass is 32.2. The van der Waals surface area contributed by atoms with Crippen LogP contribution in [0.2, 0.25) is 0 Å². The Labute approximate surface area is 226 Å². The highest BCUT2D eigenvalue weighted by molar-refractivity contribution is 7.99. The summed E-state index contributed by atoms with van der Waals surface area (Å²) in [6.07, 6.45) is 0. The molecule has 3 aromatic carbocycles. The molecule has 198 valence electrons. The van der Waals surface area contributed by atoms with E-state index in [-0.39, 0.29) is 16.4 Å². The van der Waals surface area contributed by atoms with Gasteiger partial charge in [-0.05, 0) is 48.9 Å². The number of aryl methyl sites for hydroxylation is 1. The summed E-state index contributed by atoms with van der Waals surface area (Å²) in [6.45, 7) is 1.98. The molecule has 0 aliphatic carbocycles. The van der Waals surface area contributed by atoms with Gasteiger partial charge in [0.15, 0.2) is 16.8 Å². The minimum absolute atomic E-state index is 0.0850. The van der Waals surface area contributed by atoms with E-state index in [0.29, 0.717) is 33.6 Å². The maximum Gasteiger partial charge on any atom is 0.242 e. The van der Waals surface area contributed by atoms with E-state index in [1.54, 1.807) is 49.6 Å². The van der Waals surface area contributed by atoms with Gasteiger partial charge < -0.3 is 9.47 Å². The Morgan fingerprint density at radius 3 is 2.42 bits per heavy atom. The van der Waals surface area contributed by atoms with Crippen LogP contribution in [0.15, 0.2) is 76.8 Å². The van der Waals surface area contributed by atoms with Crippen molar-refractivity contribution in [3.05, 3.63) is 77.9 Å². The molecule has 1 heterocycles. The molecule has 38 heavy (non-hydrogen) atoms. The van der Waals surface area contributed by atoms with Crippen molar-refractivity contribution in [1.29, 1.82) is 0 Å². The van der Waals surface area contributed by atoms with Crippen molar-refractivity contribution in [2.75, 3.05) is 34.1 Å². The van der Waals surface area contributed by atoms with E-state index in [1.165, 1.54) is 33.0 Å². The van der Waals surface area contributed by atoms with Gasteiger partial charge in [-0.25, -0.2) is 12.7 Å². The Morgan fingerprint density at radius 1 is 0.974 bits per heavy atom. The standard InChI is InChI=1S/C27H28N4O5S2/c1-18-8-6-10-20(14-18)31-26(19-9-7-11-22(15-19)38(33,34)30(2)3)28-29-27(31)37-17-24(32)23-13-12-21(35-4)16-25(23)36-5/h6-16H,17H2,1-5H3. The molecule has 0 saturated heterocycles. The first-order valence-corrected chi connectivity index (χ1v) is 14.0. The third-order valence-corrected chi connectivity index (χ3v) is 8.55. The number of ketones is 1. The first-order chi connectivity index (χ1) is 18.1. The molecule has 0 aliphatic heterocycles. The van der Waals surface area contributed by atoms with Gasteiger partial charge in [0.1, 0.15) is 11.5 Å². The fourth-order valence-electron chi connectivity index (χ4n) is 3.79. The number of Topliss-reactive ketones (excluding diaryl/α,β-unsaturated/α-hetero) is 1. The summed E-state index contributed by atoms with van der Waals surface area (Å²) in [5, 5.41) is 9.27. The van der Waals surface area contributed by atoms with Gasteiger partial charge in [-0.2, -0.15) is 0 Å². The molecule has 4 aromatic rings. The SMILES string of the molecule is COc1ccc(C(=O)CSc2nnc(-c3cccc(S(=O)(=O)N(C)C)c3)n2-c2cccc(C)c2)c(OC)c1. The number of carbonyl (C=O) groups is 1. The lowest BCUT2D eigenvalue weighted by atomic mass is 10.1. The summed E-state index contributed by atoms with van der Waals surface area (Å²) in [5.41, 5.74) is 2.84. The van der Waals surface area contributed by atoms with Crippen molar-refractivity contribution >= 4 is 27.6 Å². The molecule has 1 aromatic heterocycles. The number of thioether (sulfide) groups is 1. The summed E-state index contributed by atoms with van der Waals surface area (Å²) in [6, 6.07) is 19.4. The van der Waals surface area contributed by atoms with Crippen molar-refractivity contribution in [2.45, 2.75) is 17.0 Å². The number of sulfonamides is 1. The molecule has 0 radical (unpaired) electrons. The van der Waals surface area contributed by atoms with Gasteiger partial charge in [-0.15, -0.1) is 10.2 Å². The van der Waals surface area contributed by atoms with Gasteiger partial charge in [-0.3, -0.25) is 9.36 Å². The summed E-state index contributed by atoms with van der Waals surface area (Å²) in [4.78, 5) is 13.3. The van der Waals surface area contributed by atoms with Gasteiger partial charge in [0, 0.05) is 31.4 Å². The second-order valence-electron chi connectivity index (χ2n) is 8.57. The number of hydrogen-bond donors (Lipinski definition) is 0. The highest BCUT2D eigenvalue weighted by Gasteiger charge is 2.22. The largest absolute Gasteiger partial charge is 0.497 e. The summed E-state index contributed by atoms with van der Waals surface area (Å²) in [5.74, 6) is 1.42. The molecule has 0 aliphatic rings. The van der Waals surface area contributed by atoms with Crippen LogP contribution in [-0.4, -0.2) is 67.3 Å². The third-order valence-electron chi connectivity index (χ3n) is 5.81. The fourth-order valence-corrected chi connectivity index (χ4v) is 5.58. The van der Waals surface area contributed by atoms with E-state index in [2.05, 4.69) is 10.2 Å². The average Bonchev–Trinajstić information content (AvgIpc) is 3.35. The van der Waals surface area contributed by atoms with Crippen molar-refractivity contribution in [3.63, 3.8) is 0 Å². The van der Waals surface area contributed by atoms with Crippen LogP contribution in [-0.2, 0) is 10.0 Å². The van der Waals surface area contributed by atoms with E-state index < -0.39 is 10.0 Å². The molecule has 4 rings (SSSR count). The second kappa shape index (κ2) is 11.4. The van der Waals surface area contributed by atoms with E-state index in [4.69, 9.17) is 9.47 Å². The molecule has 0 atom stereocenters. The number of benzene rings is 3. The Bertz CT molecular complexity index is 1580. The summed E-state index contributed by atoms with van der Waals surface area (Å²) >= 11 is 1.24. The maximum atomic E-state index is 13.1. The van der Waals surface area contributed by atoms with Gasteiger partial charge in [0.05, 0.1) is 30.4 Å². The number of aromatic nitrogens is 3. The van der Waals surface area contributed by atoms with Crippen molar-refractivity contribution in [3.8, 4) is 28.6 Å². The fraction of sp³-hybridized carbons (Fsp3) is 0.222. The smallest absolute Gasteiger partial charge is 0.242 e. The predicted molar refractivity (Wildman–Crippen MR) is 147 cm³/mol. The topological polar surface area (TPSA) is 104 Å². The molecule has 0 fully saturated rings. The first-order valence-electron chi connectivity index (χ1n) is 11.6. The molecule has 0 spiro atoms. The maximum absolute atomic E-state index is 13.1. The highest BCUT2D eigenvalue weighted by Crippen LogP contribution is 2.31. The van der Waals surface area contributed by atoms with Gasteiger partial charge in [0.25, 0.3) is 0 Å². The quantitative estimate of drug-likeness (QED) is 0.210. The second-order valence-corrected chi connectivity index (χ2v) is 11.7. The first kappa shape index (κ1) is 27.4. The normalized spacial score (nSPS) is 11.5. The van der Waals surface area contributed by atoms with Crippen LogP contribution < -0.4 is 9.47 Å². The van der Waals surface area contributed by atoms with Crippen molar-refractivity contribution in [1.82, 2.24) is 19.1 Å². The van der Waals surface area contributed by atoms with Crippen molar-refractivity contribution < 1.29 is 22.7 Å². The number of nitrogens with zero attached hydrogens (tertiary/aromatic N) is 4. The molecular weight excluding hydrogens is 524 g/mol. The molecule has 9 nitrogen and oxygen atoms in total. The van der Waals surface area contributed by atoms with Gasteiger partial charge in [0.2, 0.25) is 10.0 Å². The molecule has 0 bridgehead atoms. The number of ether oxygens (including phenoxy) is 2. The van der Waals surface area contributed by atoms with Gasteiger partial charge >= 0.3 is 0 Å². The zero-order valence-corrected chi connectivity index (χ0v) is 23.3. The van der Waals surface area contributed by atoms with Crippen LogP contribution in [0.25, 0.3) is 17.1 Å². The average molecular weight is 553 g/mol. The zero-order valence-electron chi connectivity index (χ0n) is 21.7. The van der Waals surface area contributed by atoms with Crippen LogP contribution in [0.1, 0.15) is 15.9 Å². The number of methoxy groups -OCH3 is 2. The minimum Gasteiger partial charge on any atom is -0.497 e.